The van der Waals surface area contributed by atoms with Crippen molar-refractivity contribution in [1.29, 1.82) is 0 Å². The number of amides is 2. The van der Waals surface area contributed by atoms with Crippen LogP contribution in [-0.4, -0.2) is 71.8 Å². The number of imide groups is 1. The monoisotopic (exact) mass is 447 g/mol. The predicted molar refractivity (Wildman–Crippen MR) is 133 cm³/mol. The fourth-order valence-electron chi connectivity index (χ4n) is 6.18. The average molecular weight is 448 g/mol. The van der Waals surface area contributed by atoms with Crippen molar-refractivity contribution < 1.29 is 9.59 Å². The Hall–Kier alpha value is -2.24. The second kappa shape index (κ2) is 8.84. The van der Waals surface area contributed by atoms with Gasteiger partial charge in [-0.2, -0.15) is 0 Å². The molecule has 2 heterocycles. The lowest BCUT2D eigenvalue weighted by Gasteiger charge is -2.44. The van der Waals surface area contributed by atoms with Gasteiger partial charge >= 0.3 is 0 Å². The first-order valence-corrected chi connectivity index (χ1v) is 12.7. The van der Waals surface area contributed by atoms with Gasteiger partial charge < -0.3 is 0 Å². The number of nitrogens with zero attached hydrogens (tertiary/aromatic N) is 3. The number of piperazine rings is 1. The van der Waals surface area contributed by atoms with Crippen molar-refractivity contribution in [2.45, 2.75) is 52.5 Å². The molecule has 2 aliphatic heterocycles. The maximum absolute atomic E-state index is 13.1. The van der Waals surface area contributed by atoms with E-state index >= 15 is 0 Å². The molecule has 0 radical (unpaired) electrons. The largest absolute Gasteiger partial charge is 0.299 e. The summed E-state index contributed by atoms with van der Waals surface area (Å²) >= 11 is 0. The van der Waals surface area contributed by atoms with Crippen LogP contribution in [0.4, 0.5) is 0 Å². The molecule has 5 rings (SSSR count). The van der Waals surface area contributed by atoms with Crippen molar-refractivity contribution in [2.75, 3.05) is 39.3 Å². The first-order chi connectivity index (χ1) is 15.8. The van der Waals surface area contributed by atoms with Gasteiger partial charge in [0.05, 0.1) is 0 Å². The second-order valence-electron chi connectivity index (χ2n) is 11.2. The lowest BCUT2D eigenvalue weighted by Crippen LogP contribution is -2.53. The zero-order valence-electron chi connectivity index (χ0n) is 20.3. The molecule has 2 aromatic rings. The zero-order chi connectivity index (χ0) is 23.2. The van der Waals surface area contributed by atoms with E-state index < -0.39 is 0 Å². The lowest BCUT2D eigenvalue weighted by atomic mass is 9.71. The molecule has 1 saturated heterocycles. The Morgan fingerprint density at radius 3 is 1.91 bits per heavy atom. The second-order valence-corrected chi connectivity index (χ2v) is 11.2. The van der Waals surface area contributed by atoms with E-state index in [0.717, 1.165) is 55.5 Å². The SMILES string of the molecule is CC(C)(C)C1CCC(N2CCN(CCN3C(=O)c4cccc5cccc(c45)C3=O)CC2)CC1. The normalized spacial score (nSPS) is 25.1. The van der Waals surface area contributed by atoms with Gasteiger partial charge in [-0.15, -0.1) is 0 Å². The van der Waals surface area contributed by atoms with E-state index in [1.165, 1.54) is 30.6 Å². The van der Waals surface area contributed by atoms with Gasteiger partial charge in [-0.05, 0) is 54.5 Å². The van der Waals surface area contributed by atoms with Crippen LogP contribution in [0.5, 0.6) is 0 Å². The van der Waals surface area contributed by atoms with Crippen LogP contribution >= 0.6 is 0 Å². The number of rotatable bonds is 4. The van der Waals surface area contributed by atoms with Crippen molar-refractivity contribution in [2.24, 2.45) is 11.3 Å². The summed E-state index contributed by atoms with van der Waals surface area (Å²) in [5.74, 6) is 0.544. The molecule has 1 aliphatic carbocycles. The van der Waals surface area contributed by atoms with Crippen LogP contribution in [0.15, 0.2) is 36.4 Å². The molecule has 5 nitrogen and oxygen atoms in total. The molecule has 0 atom stereocenters. The summed E-state index contributed by atoms with van der Waals surface area (Å²) in [7, 11) is 0. The third kappa shape index (κ3) is 4.33. The molecule has 0 spiro atoms. The molecule has 0 unspecified atom stereocenters. The van der Waals surface area contributed by atoms with E-state index in [1.54, 1.807) is 0 Å². The van der Waals surface area contributed by atoms with Gasteiger partial charge in [0.15, 0.2) is 0 Å². The van der Waals surface area contributed by atoms with Crippen molar-refractivity contribution in [1.82, 2.24) is 14.7 Å². The molecule has 0 aromatic heterocycles. The summed E-state index contributed by atoms with van der Waals surface area (Å²) in [5, 5.41) is 1.76. The number of hydrogen-bond donors (Lipinski definition) is 0. The Morgan fingerprint density at radius 2 is 1.36 bits per heavy atom. The highest BCUT2D eigenvalue weighted by atomic mass is 16.2. The summed E-state index contributed by atoms with van der Waals surface area (Å²) in [6.07, 6.45) is 5.34. The minimum absolute atomic E-state index is 0.154. The standard InChI is InChI=1S/C28H37N3O2/c1-28(2,3)21-10-12-22(13-11-21)30-17-14-29(15-18-30)16-19-31-26(32)23-8-4-6-20-7-5-9-24(25(20)23)27(31)33/h4-9,21-22H,10-19H2,1-3H3. The van der Waals surface area contributed by atoms with Gasteiger partial charge in [0, 0.05) is 61.8 Å². The predicted octanol–water partition coefficient (Wildman–Crippen LogP) is 4.66. The summed E-state index contributed by atoms with van der Waals surface area (Å²) in [6, 6.07) is 12.2. The summed E-state index contributed by atoms with van der Waals surface area (Å²) in [6.45, 7) is 12.6. The number of benzene rings is 2. The van der Waals surface area contributed by atoms with Crippen molar-refractivity contribution in [3.05, 3.63) is 47.5 Å². The molecule has 176 valence electrons. The lowest BCUT2D eigenvalue weighted by molar-refractivity contribution is 0.0459. The van der Waals surface area contributed by atoms with Gasteiger partial charge in [-0.1, -0.05) is 45.0 Å². The van der Waals surface area contributed by atoms with Gasteiger partial charge in [-0.3, -0.25) is 24.3 Å². The van der Waals surface area contributed by atoms with E-state index in [4.69, 9.17) is 0 Å². The topological polar surface area (TPSA) is 43.9 Å². The molecule has 3 aliphatic rings. The van der Waals surface area contributed by atoms with E-state index in [-0.39, 0.29) is 11.8 Å². The van der Waals surface area contributed by atoms with Crippen molar-refractivity contribution >= 4 is 22.6 Å². The molecule has 2 fully saturated rings. The van der Waals surface area contributed by atoms with Gasteiger partial charge in [0.25, 0.3) is 11.8 Å². The number of carbonyl (C=O) groups is 2. The molecule has 2 amide bonds. The van der Waals surface area contributed by atoms with E-state index in [0.29, 0.717) is 23.1 Å². The van der Waals surface area contributed by atoms with Crippen molar-refractivity contribution in [3.8, 4) is 0 Å². The molecule has 33 heavy (non-hydrogen) atoms. The first-order valence-electron chi connectivity index (χ1n) is 12.7. The molecule has 2 aromatic carbocycles. The Bertz CT molecular complexity index is 990. The van der Waals surface area contributed by atoms with Crippen molar-refractivity contribution in [3.63, 3.8) is 0 Å². The highest BCUT2D eigenvalue weighted by Gasteiger charge is 2.35. The van der Waals surface area contributed by atoms with E-state index in [9.17, 15) is 9.59 Å². The Labute approximate surface area is 197 Å². The highest BCUT2D eigenvalue weighted by Crippen LogP contribution is 2.39. The van der Waals surface area contributed by atoms with Gasteiger partial charge in [0.1, 0.15) is 0 Å². The fraction of sp³-hybridized carbons (Fsp3) is 0.571. The minimum atomic E-state index is -0.154. The van der Waals surface area contributed by atoms with Crippen LogP contribution in [0.3, 0.4) is 0 Å². The molecule has 0 N–H and O–H groups in total. The number of carbonyl (C=O) groups excluding carboxylic acids is 2. The summed E-state index contributed by atoms with van der Waals surface area (Å²) < 4.78 is 0. The Balaban J connectivity index is 1.15. The molecule has 5 heteroatoms. The van der Waals surface area contributed by atoms with Gasteiger partial charge in [0.2, 0.25) is 0 Å². The van der Waals surface area contributed by atoms with Crippen LogP contribution in [0, 0.1) is 11.3 Å². The Kier molecular flexibility index (Phi) is 6.04. The third-order valence-electron chi connectivity index (χ3n) is 8.34. The summed E-state index contributed by atoms with van der Waals surface area (Å²) in [5.41, 5.74) is 1.73. The number of hydrogen-bond acceptors (Lipinski definition) is 4. The van der Waals surface area contributed by atoms with Crippen LogP contribution in [-0.2, 0) is 0 Å². The highest BCUT2D eigenvalue weighted by molar-refractivity contribution is 6.25. The maximum Gasteiger partial charge on any atom is 0.261 e. The minimum Gasteiger partial charge on any atom is -0.299 e. The average Bonchev–Trinajstić information content (AvgIpc) is 2.82. The van der Waals surface area contributed by atoms with E-state index in [1.807, 2.05) is 36.4 Å². The zero-order valence-corrected chi connectivity index (χ0v) is 20.3. The first kappa shape index (κ1) is 22.5. The summed E-state index contributed by atoms with van der Waals surface area (Å²) in [4.78, 5) is 32.8. The third-order valence-corrected chi connectivity index (χ3v) is 8.34. The van der Waals surface area contributed by atoms with Crippen LogP contribution < -0.4 is 0 Å². The van der Waals surface area contributed by atoms with E-state index in [2.05, 4.69) is 30.6 Å². The fourth-order valence-corrected chi connectivity index (χ4v) is 6.18. The van der Waals surface area contributed by atoms with Crippen LogP contribution in [0.1, 0.15) is 67.2 Å². The van der Waals surface area contributed by atoms with Gasteiger partial charge in [-0.25, -0.2) is 0 Å². The van der Waals surface area contributed by atoms with Crippen LogP contribution in [0.25, 0.3) is 10.8 Å². The maximum atomic E-state index is 13.1. The molecule has 0 bridgehead atoms. The molecular formula is C28H37N3O2. The Morgan fingerprint density at radius 1 is 0.788 bits per heavy atom. The molecular weight excluding hydrogens is 410 g/mol. The molecule has 1 saturated carbocycles. The quantitative estimate of drug-likeness (QED) is 0.640. The smallest absolute Gasteiger partial charge is 0.261 e. The van der Waals surface area contributed by atoms with Crippen LogP contribution in [0.2, 0.25) is 0 Å².